The molecule has 6 heteroatoms. The second-order valence-electron chi connectivity index (χ2n) is 19.5. The van der Waals surface area contributed by atoms with Crippen LogP contribution in [0.2, 0.25) is 0 Å². The summed E-state index contributed by atoms with van der Waals surface area (Å²) in [6, 6.07) is 0. The standard InChI is InChI=1S/C61H110O6/c1-4-7-10-13-16-19-22-25-28-30-33-36-39-42-45-48-51-54-60(63)66-57-58(56-65-59(62)53-50-47-44-41-38-35-32-27-24-21-18-15-12-9-6-3)67-61(64)55-52-49-46-43-40-37-34-31-29-26-23-20-17-14-11-8-5-2/h17,20-21,24-26,28-29,58H,4-16,18-19,22-23,27,30-57H2,1-3H3/b20-17-,24-21-,28-25-,29-26-/t58-/m0/s1. The van der Waals surface area contributed by atoms with E-state index in [0.29, 0.717) is 19.3 Å². The Labute approximate surface area is 416 Å². The van der Waals surface area contributed by atoms with Gasteiger partial charge in [0.15, 0.2) is 6.10 Å². The van der Waals surface area contributed by atoms with Gasteiger partial charge in [-0.3, -0.25) is 14.4 Å². The number of hydrogen-bond acceptors (Lipinski definition) is 6. The topological polar surface area (TPSA) is 78.9 Å². The van der Waals surface area contributed by atoms with Crippen LogP contribution in [-0.2, 0) is 28.6 Å². The Morgan fingerprint density at radius 3 is 0.881 bits per heavy atom. The molecule has 6 nitrogen and oxygen atoms in total. The molecule has 0 unspecified atom stereocenters. The van der Waals surface area contributed by atoms with Crippen LogP contribution in [-0.4, -0.2) is 37.2 Å². The van der Waals surface area contributed by atoms with E-state index in [0.717, 1.165) is 70.6 Å². The molecule has 0 aromatic rings. The second kappa shape index (κ2) is 56.0. The molecule has 0 fully saturated rings. The number of allylic oxidation sites excluding steroid dienone is 8. The number of esters is 3. The molecule has 1 atom stereocenters. The van der Waals surface area contributed by atoms with Gasteiger partial charge in [0.1, 0.15) is 13.2 Å². The van der Waals surface area contributed by atoms with Gasteiger partial charge in [-0.25, -0.2) is 0 Å². The Balaban J connectivity index is 4.38. The lowest BCUT2D eigenvalue weighted by Crippen LogP contribution is -2.30. The number of rotatable bonds is 53. The maximum Gasteiger partial charge on any atom is 0.306 e. The van der Waals surface area contributed by atoms with Gasteiger partial charge in [0.2, 0.25) is 0 Å². The molecule has 0 aliphatic heterocycles. The number of unbranched alkanes of at least 4 members (excludes halogenated alkanes) is 34. The van der Waals surface area contributed by atoms with Crippen LogP contribution in [0, 0.1) is 0 Å². The molecular formula is C61H110O6. The quantitative estimate of drug-likeness (QED) is 0.0262. The van der Waals surface area contributed by atoms with Crippen LogP contribution in [0.25, 0.3) is 0 Å². The van der Waals surface area contributed by atoms with E-state index in [1.807, 2.05) is 0 Å². The lowest BCUT2D eigenvalue weighted by molar-refractivity contribution is -0.167. The van der Waals surface area contributed by atoms with E-state index < -0.39 is 6.10 Å². The summed E-state index contributed by atoms with van der Waals surface area (Å²) in [5.41, 5.74) is 0. The highest BCUT2D eigenvalue weighted by Gasteiger charge is 2.19. The molecule has 0 heterocycles. The van der Waals surface area contributed by atoms with Crippen molar-refractivity contribution in [2.45, 2.75) is 309 Å². The predicted octanol–water partition coefficient (Wildman–Crippen LogP) is 19.4. The molecule has 0 rings (SSSR count). The first-order valence-electron chi connectivity index (χ1n) is 29.1. The minimum Gasteiger partial charge on any atom is -0.462 e. The minimum absolute atomic E-state index is 0.0784. The fraction of sp³-hybridized carbons (Fsp3) is 0.820. The van der Waals surface area contributed by atoms with Crippen molar-refractivity contribution in [1.29, 1.82) is 0 Å². The summed E-state index contributed by atoms with van der Waals surface area (Å²) in [5.74, 6) is -0.881. The van der Waals surface area contributed by atoms with Gasteiger partial charge in [0.05, 0.1) is 0 Å². The largest absolute Gasteiger partial charge is 0.462 e. The monoisotopic (exact) mass is 939 g/mol. The van der Waals surface area contributed by atoms with Crippen molar-refractivity contribution in [2.75, 3.05) is 13.2 Å². The molecule has 0 radical (unpaired) electrons. The lowest BCUT2D eigenvalue weighted by Gasteiger charge is -2.18. The molecule has 0 saturated carbocycles. The van der Waals surface area contributed by atoms with Gasteiger partial charge < -0.3 is 14.2 Å². The van der Waals surface area contributed by atoms with E-state index in [2.05, 4.69) is 69.4 Å². The SMILES string of the molecule is CCCCC/C=C\C/C=C\CCCCCCCCCC(=O)O[C@@H](COC(=O)CCCCCCCCC/C=C\CCCCCC)COC(=O)CCCCCCCCC/C=C\CCCCCCCC. The molecule has 0 bridgehead atoms. The highest BCUT2D eigenvalue weighted by molar-refractivity contribution is 5.71. The molecule has 0 spiro atoms. The second-order valence-corrected chi connectivity index (χ2v) is 19.5. The van der Waals surface area contributed by atoms with Gasteiger partial charge in [-0.2, -0.15) is 0 Å². The summed E-state index contributed by atoms with van der Waals surface area (Å²) in [6.07, 6.45) is 68.1. The van der Waals surface area contributed by atoms with E-state index in [-0.39, 0.29) is 31.1 Å². The van der Waals surface area contributed by atoms with Crippen LogP contribution in [0.5, 0.6) is 0 Å². The average Bonchev–Trinajstić information content (AvgIpc) is 3.33. The van der Waals surface area contributed by atoms with Gasteiger partial charge >= 0.3 is 17.9 Å². The van der Waals surface area contributed by atoms with Crippen molar-refractivity contribution in [3.8, 4) is 0 Å². The lowest BCUT2D eigenvalue weighted by atomic mass is 10.1. The zero-order valence-electron chi connectivity index (χ0n) is 44.7. The third kappa shape index (κ3) is 54.2. The zero-order valence-corrected chi connectivity index (χ0v) is 44.7. The van der Waals surface area contributed by atoms with Crippen LogP contribution >= 0.6 is 0 Å². The highest BCUT2D eigenvalue weighted by atomic mass is 16.6. The van der Waals surface area contributed by atoms with Gasteiger partial charge in [0, 0.05) is 19.3 Å². The van der Waals surface area contributed by atoms with Crippen molar-refractivity contribution in [3.63, 3.8) is 0 Å². The summed E-state index contributed by atoms with van der Waals surface area (Å²) in [7, 11) is 0. The maximum absolute atomic E-state index is 12.9. The van der Waals surface area contributed by atoms with Crippen LogP contribution < -0.4 is 0 Å². The molecular weight excluding hydrogens is 829 g/mol. The summed E-state index contributed by atoms with van der Waals surface area (Å²) >= 11 is 0. The first-order valence-corrected chi connectivity index (χ1v) is 29.1. The molecule has 0 aliphatic rings. The molecule has 390 valence electrons. The Kier molecular flexibility index (Phi) is 53.8. The maximum atomic E-state index is 12.9. The van der Waals surface area contributed by atoms with Crippen molar-refractivity contribution in [1.82, 2.24) is 0 Å². The Bertz CT molecular complexity index is 1170. The third-order valence-corrected chi connectivity index (χ3v) is 12.8. The van der Waals surface area contributed by atoms with Crippen molar-refractivity contribution >= 4 is 17.9 Å². The molecule has 0 aromatic heterocycles. The van der Waals surface area contributed by atoms with Crippen LogP contribution in [0.15, 0.2) is 48.6 Å². The summed E-state index contributed by atoms with van der Waals surface area (Å²) in [5, 5.41) is 0. The summed E-state index contributed by atoms with van der Waals surface area (Å²) in [4.78, 5) is 38.2. The van der Waals surface area contributed by atoms with Gasteiger partial charge in [-0.05, 0) is 103 Å². The normalized spacial score (nSPS) is 12.3. The minimum atomic E-state index is -0.780. The van der Waals surface area contributed by atoms with Crippen molar-refractivity contribution < 1.29 is 28.6 Å². The summed E-state index contributed by atoms with van der Waals surface area (Å²) < 4.78 is 16.9. The number of carbonyl (C=O) groups excluding carboxylic acids is 3. The van der Waals surface area contributed by atoms with E-state index in [1.54, 1.807) is 0 Å². The zero-order chi connectivity index (χ0) is 48.6. The fourth-order valence-corrected chi connectivity index (χ4v) is 8.35. The number of ether oxygens (including phenoxy) is 3. The van der Waals surface area contributed by atoms with Gasteiger partial charge in [0.25, 0.3) is 0 Å². The Morgan fingerprint density at radius 1 is 0.299 bits per heavy atom. The molecule has 0 aromatic carbocycles. The fourth-order valence-electron chi connectivity index (χ4n) is 8.35. The van der Waals surface area contributed by atoms with Crippen molar-refractivity contribution in [3.05, 3.63) is 48.6 Å². The molecule has 0 amide bonds. The highest BCUT2D eigenvalue weighted by Crippen LogP contribution is 2.15. The predicted molar refractivity (Wildman–Crippen MR) is 289 cm³/mol. The van der Waals surface area contributed by atoms with Gasteiger partial charge in [-0.1, -0.05) is 230 Å². The van der Waals surface area contributed by atoms with Crippen LogP contribution in [0.4, 0.5) is 0 Å². The number of carbonyl (C=O) groups is 3. The Morgan fingerprint density at radius 2 is 0.537 bits per heavy atom. The van der Waals surface area contributed by atoms with E-state index in [1.165, 1.54) is 193 Å². The van der Waals surface area contributed by atoms with E-state index in [9.17, 15) is 14.4 Å². The van der Waals surface area contributed by atoms with E-state index in [4.69, 9.17) is 14.2 Å². The molecule has 67 heavy (non-hydrogen) atoms. The molecule has 0 saturated heterocycles. The first kappa shape index (κ1) is 64.4. The smallest absolute Gasteiger partial charge is 0.306 e. The molecule has 0 N–H and O–H groups in total. The van der Waals surface area contributed by atoms with Crippen molar-refractivity contribution in [2.24, 2.45) is 0 Å². The average molecular weight is 940 g/mol. The Hall–Kier alpha value is -2.63. The molecule has 0 aliphatic carbocycles. The first-order chi connectivity index (χ1) is 33.0. The van der Waals surface area contributed by atoms with E-state index >= 15 is 0 Å². The van der Waals surface area contributed by atoms with Gasteiger partial charge in [-0.15, -0.1) is 0 Å². The summed E-state index contributed by atoms with van der Waals surface area (Å²) in [6.45, 7) is 6.62. The van der Waals surface area contributed by atoms with Crippen LogP contribution in [0.1, 0.15) is 303 Å². The van der Waals surface area contributed by atoms with Crippen LogP contribution in [0.3, 0.4) is 0 Å². The third-order valence-electron chi connectivity index (χ3n) is 12.8. The number of hydrogen-bond donors (Lipinski definition) is 0.